The van der Waals surface area contributed by atoms with E-state index in [1.807, 2.05) is 6.92 Å². The van der Waals surface area contributed by atoms with Gasteiger partial charge < -0.3 is 14.4 Å². The van der Waals surface area contributed by atoms with Crippen LogP contribution in [0.2, 0.25) is 0 Å². The third kappa shape index (κ3) is 3.47. The Labute approximate surface area is 155 Å². The fourth-order valence-electron chi connectivity index (χ4n) is 4.49. The summed E-state index contributed by atoms with van der Waals surface area (Å²) in [6, 6.07) is 0. The van der Waals surface area contributed by atoms with Crippen molar-refractivity contribution < 1.29 is 27.4 Å². The van der Waals surface area contributed by atoms with Crippen LogP contribution in [0.25, 0.3) is 0 Å². The zero-order chi connectivity index (χ0) is 19.2. The number of rotatable bonds is 3. The smallest absolute Gasteiger partial charge is 0.347 e. The van der Waals surface area contributed by atoms with E-state index in [2.05, 4.69) is 5.10 Å². The van der Waals surface area contributed by atoms with Crippen molar-refractivity contribution in [2.24, 2.45) is 5.92 Å². The van der Waals surface area contributed by atoms with Gasteiger partial charge in [0.2, 0.25) is 5.91 Å². The van der Waals surface area contributed by atoms with Crippen molar-refractivity contribution >= 4 is 5.91 Å². The third-order valence-electron chi connectivity index (χ3n) is 5.94. The highest BCUT2D eigenvalue weighted by atomic mass is 19.4. The fraction of sp³-hybridized carbons (Fsp3) is 0.778. The summed E-state index contributed by atoms with van der Waals surface area (Å²) in [4.78, 5) is 14.5. The Balaban J connectivity index is 1.48. The molecule has 0 aromatic carbocycles. The summed E-state index contributed by atoms with van der Waals surface area (Å²) in [5, 5.41) is 3.74. The second kappa shape index (κ2) is 6.77. The molecule has 1 aromatic heterocycles. The summed E-state index contributed by atoms with van der Waals surface area (Å²) in [5.74, 6) is -0.825. The number of carbonyl (C=O) groups is 1. The van der Waals surface area contributed by atoms with Crippen LogP contribution >= 0.6 is 0 Å². The van der Waals surface area contributed by atoms with Gasteiger partial charge in [-0.15, -0.1) is 0 Å². The van der Waals surface area contributed by atoms with Gasteiger partial charge in [0.1, 0.15) is 6.54 Å². The van der Waals surface area contributed by atoms with Crippen LogP contribution in [0.4, 0.5) is 13.2 Å². The highest BCUT2D eigenvalue weighted by molar-refractivity contribution is 5.76. The molecule has 2 aliphatic heterocycles. The lowest BCUT2D eigenvalue weighted by molar-refractivity contribution is -0.193. The maximum atomic E-state index is 13.2. The maximum Gasteiger partial charge on any atom is 0.435 e. The molecule has 2 saturated heterocycles. The molecule has 0 spiro atoms. The molecule has 27 heavy (non-hydrogen) atoms. The lowest BCUT2D eigenvalue weighted by atomic mass is 9.90. The normalized spacial score (nSPS) is 25.0. The van der Waals surface area contributed by atoms with Crippen LogP contribution in [0.5, 0.6) is 0 Å². The molecular formula is C18H24F3N3O3. The number of carbonyl (C=O) groups excluding carboxylic acids is 1. The number of aromatic nitrogens is 2. The first-order valence-corrected chi connectivity index (χ1v) is 9.49. The van der Waals surface area contributed by atoms with Crippen LogP contribution in [0.1, 0.15) is 43.1 Å². The van der Waals surface area contributed by atoms with E-state index in [0.717, 1.165) is 12.8 Å². The van der Waals surface area contributed by atoms with Gasteiger partial charge in [-0.2, -0.15) is 18.3 Å². The van der Waals surface area contributed by atoms with Gasteiger partial charge in [0.15, 0.2) is 11.5 Å². The van der Waals surface area contributed by atoms with Crippen molar-refractivity contribution in [2.75, 3.05) is 26.3 Å². The van der Waals surface area contributed by atoms with Crippen molar-refractivity contribution in [3.05, 3.63) is 17.0 Å². The number of amides is 1. The summed E-state index contributed by atoms with van der Waals surface area (Å²) >= 11 is 0. The minimum atomic E-state index is -4.48. The van der Waals surface area contributed by atoms with Crippen LogP contribution < -0.4 is 0 Å². The number of hydrogen-bond acceptors (Lipinski definition) is 4. The average molecular weight is 387 g/mol. The Morgan fingerprint density at radius 2 is 2.00 bits per heavy atom. The molecule has 1 amide bonds. The van der Waals surface area contributed by atoms with Crippen molar-refractivity contribution in [1.29, 1.82) is 0 Å². The van der Waals surface area contributed by atoms with Gasteiger partial charge in [-0.05, 0) is 39.0 Å². The van der Waals surface area contributed by atoms with E-state index in [1.54, 1.807) is 4.90 Å². The van der Waals surface area contributed by atoms with Gasteiger partial charge in [0.25, 0.3) is 0 Å². The largest absolute Gasteiger partial charge is 0.435 e. The van der Waals surface area contributed by atoms with Crippen molar-refractivity contribution in [3.8, 4) is 0 Å². The number of piperidine rings is 1. The maximum absolute atomic E-state index is 13.2. The Hall–Kier alpha value is -1.61. The second-order valence-electron chi connectivity index (χ2n) is 7.67. The predicted octanol–water partition coefficient (Wildman–Crippen LogP) is 2.39. The van der Waals surface area contributed by atoms with E-state index in [-0.39, 0.29) is 23.9 Å². The van der Waals surface area contributed by atoms with Crippen LogP contribution in [-0.4, -0.2) is 52.7 Å². The molecule has 2 fully saturated rings. The molecule has 3 heterocycles. The Bertz CT molecular complexity index is 725. The number of ether oxygens (including phenoxy) is 2. The van der Waals surface area contributed by atoms with E-state index < -0.39 is 17.7 Å². The Kier molecular flexibility index (Phi) is 4.70. The number of alkyl halides is 3. The number of likely N-dealkylation sites (tertiary alicyclic amines) is 1. The van der Waals surface area contributed by atoms with Crippen LogP contribution in [0.3, 0.4) is 0 Å². The van der Waals surface area contributed by atoms with Crippen LogP contribution in [0, 0.1) is 5.92 Å². The number of fused-ring (bicyclic) bond motifs is 1. The summed E-state index contributed by atoms with van der Waals surface area (Å²) in [5.41, 5.74) is -0.0228. The summed E-state index contributed by atoms with van der Waals surface area (Å²) in [7, 11) is 0. The molecule has 3 aliphatic rings. The molecule has 6 nitrogen and oxygen atoms in total. The molecule has 9 heteroatoms. The molecule has 1 aromatic rings. The van der Waals surface area contributed by atoms with Crippen molar-refractivity contribution in [2.45, 2.75) is 57.5 Å². The van der Waals surface area contributed by atoms with Gasteiger partial charge in [-0.3, -0.25) is 9.48 Å². The molecule has 0 saturated carbocycles. The minimum Gasteiger partial charge on any atom is -0.347 e. The molecule has 1 unspecified atom stereocenters. The second-order valence-corrected chi connectivity index (χ2v) is 7.67. The number of nitrogens with zero attached hydrogens (tertiary/aromatic N) is 3. The highest BCUT2D eigenvalue weighted by Crippen LogP contribution is 2.37. The SMILES string of the molecule is CC1(C2CCCN(C(=O)Cn3nc(C(F)(F)F)c4c3CCC4)C2)OCCO1. The summed E-state index contributed by atoms with van der Waals surface area (Å²) < 4.78 is 52.4. The van der Waals surface area contributed by atoms with E-state index >= 15 is 0 Å². The lowest BCUT2D eigenvalue weighted by Gasteiger charge is -2.40. The summed E-state index contributed by atoms with van der Waals surface area (Å²) in [6.45, 7) is 3.92. The molecule has 150 valence electrons. The first kappa shape index (κ1) is 18.7. The Morgan fingerprint density at radius 1 is 1.26 bits per heavy atom. The topological polar surface area (TPSA) is 56.6 Å². The molecule has 4 rings (SSSR count). The first-order valence-electron chi connectivity index (χ1n) is 9.49. The van der Waals surface area contributed by atoms with Crippen molar-refractivity contribution in [1.82, 2.24) is 14.7 Å². The monoisotopic (exact) mass is 387 g/mol. The van der Waals surface area contributed by atoms with Gasteiger partial charge in [-0.1, -0.05) is 0 Å². The Morgan fingerprint density at radius 3 is 2.70 bits per heavy atom. The molecule has 1 aliphatic carbocycles. The molecular weight excluding hydrogens is 363 g/mol. The van der Waals surface area contributed by atoms with E-state index in [1.165, 1.54) is 4.68 Å². The summed E-state index contributed by atoms with van der Waals surface area (Å²) in [6.07, 6.45) is -1.18. The quantitative estimate of drug-likeness (QED) is 0.799. The van der Waals surface area contributed by atoms with Gasteiger partial charge >= 0.3 is 6.18 Å². The van der Waals surface area contributed by atoms with Crippen LogP contribution in [0.15, 0.2) is 0 Å². The van der Waals surface area contributed by atoms with E-state index in [0.29, 0.717) is 51.3 Å². The molecule has 0 radical (unpaired) electrons. The fourth-order valence-corrected chi connectivity index (χ4v) is 4.49. The van der Waals surface area contributed by atoms with Crippen molar-refractivity contribution in [3.63, 3.8) is 0 Å². The minimum absolute atomic E-state index is 0.0618. The highest BCUT2D eigenvalue weighted by Gasteiger charge is 2.43. The van der Waals surface area contributed by atoms with Gasteiger partial charge in [-0.25, -0.2) is 0 Å². The molecule has 1 atom stereocenters. The van der Waals surface area contributed by atoms with E-state index in [4.69, 9.17) is 9.47 Å². The lowest BCUT2D eigenvalue weighted by Crippen LogP contribution is -2.49. The molecule has 0 bridgehead atoms. The van der Waals surface area contributed by atoms with Gasteiger partial charge in [0.05, 0.1) is 13.2 Å². The number of halogens is 3. The van der Waals surface area contributed by atoms with Crippen LogP contribution in [-0.2, 0) is 39.8 Å². The predicted molar refractivity (Wildman–Crippen MR) is 88.9 cm³/mol. The number of hydrogen-bond donors (Lipinski definition) is 0. The third-order valence-corrected chi connectivity index (χ3v) is 5.94. The average Bonchev–Trinajstić information content (AvgIpc) is 3.32. The zero-order valence-electron chi connectivity index (χ0n) is 15.3. The van der Waals surface area contributed by atoms with Gasteiger partial charge in [0, 0.05) is 30.3 Å². The standard InChI is InChI=1S/C18H24F3N3O3/c1-17(26-8-9-27-17)12-4-3-7-23(10-12)15(25)11-24-14-6-2-5-13(14)16(22-24)18(19,20)21/h12H,2-11H2,1H3. The molecule has 0 N–H and O–H groups in total. The first-order chi connectivity index (χ1) is 12.8. The zero-order valence-corrected chi connectivity index (χ0v) is 15.3. The van der Waals surface area contributed by atoms with E-state index in [9.17, 15) is 18.0 Å².